The van der Waals surface area contributed by atoms with Crippen molar-refractivity contribution in [2.75, 3.05) is 17.7 Å². The van der Waals surface area contributed by atoms with Crippen LogP contribution in [0.5, 0.6) is 0 Å². The van der Waals surface area contributed by atoms with Gasteiger partial charge in [0.15, 0.2) is 0 Å². The molecule has 7 heteroatoms. The fourth-order valence-corrected chi connectivity index (χ4v) is 3.07. The Bertz CT molecular complexity index is 745. The van der Waals surface area contributed by atoms with E-state index in [0.717, 1.165) is 11.3 Å². The zero-order valence-corrected chi connectivity index (χ0v) is 12.8. The van der Waals surface area contributed by atoms with Gasteiger partial charge in [-0.05, 0) is 36.2 Å². The second-order valence-corrected chi connectivity index (χ2v) is 6.46. The Kier molecular flexibility index (Phi) is 4.15. The third kappa shape index (κ3) is 3.50. The van der Waals surface area contributed by atoms with Crippen LogP contribution in [-0.4, -0.2) is 20.4 Å². The number of nitrogens with two attached hydrogens (primary N) is 2. The standard InChI is InChI=1S/C14H18N4O2S/c1-10-13(6-12(15)7-14(10)21(16,19)20)18(2)9-11-4-3-5-17-8-11/h3-8H,9,15H2,1-2H3,(H2,16,19,20). The number of anilines is 2. The normalized spacial score (nSPS) is 11.4. The summed E-state index contributed by atoms with van der Waals surface area (Å²) < 4.78 is 23.3. The summed E-state index contributed by atoms with van der Waals surface area (Å²) in [5.74, 6) is 0. The van der Waals surface area contributed by atoms with Crippen molar-refractivity contribution < 1.29 is 8.42 Å². The number of hydrogen-bond donors (Lipinski definition) is 2. The van der Waals surface area contributed by atoms with Gasteiger partial charge in [0.2, 0.25) is 10.0 Å². The first kappa shape index (κ1) is 15.3. The minimum absolute atomic E-state index is 0.0514. The summed E-state index contributed by atoms with van der Waals surface area (Å²) in [6.07, 6.45) is 3.47. The summed E-state index contributed by atoms with van der Waals surface area (Å²) in [4.78, 5) is 6.03. The Labute approximate surface area is 124 Å². The number of hydrogen-bond acceptors (Lipinski definition) is 5. The van der Waals surface area contributed by atoms with Gasteiger partial charge in [-0.3, -0.25) is 4.98 Å². The number of rotatable bonds is 4. The summed E-state index contributed by atoms with van der Waals surface area (Å²) >= 11 is 0. The van der Waals surface area contributed by atoms with Crippen molar-refractivity contribution in [3.63, 3.8) is 0 Å². The zero-order valence-electron chi connectivity index (χ0n) is 11.9. The fraction of sp³-hybridized carbons (Fsp3) is 0.214. The van der Waals surface area contributed by atoms with Gasteiger partial charge in [-0.15, -0.1) is 0 Å². The molecule has 112 valence electrons. The maximum absolute atomic E-state index is 11.6. The Morgan fingerprint density at radius 2 is 2.05 bits per heavy atom. The smallest absolute Gasteiger partial charge is 0.238 e. The van der Waals surface area contributed by atoms with Crippen molar-refractivity contribution in [1.29, 1.82) is 0 Å². The minimum atomic E-state index is -3.80. The average molecular weight is 306 g/mol. The molecule has 0 saturated carbocycles. The Morgan fingerprint density at radius 1 is 1.33 bits per heavy atom. The van der Waals surface area contributed by atoms with Crippen LogP contribution >= 0.6 is 0 Å². The van der Waals surface area contributed by atoms with Crippen molar-refractivity contribution in [3.05, 3.63) is 47.8 Å². The highest BCUT2D eigenvalue weighted by molar-refractivity contribution is 7.89. The molecule has 2 rings (SSSR count). The molecular weight excluding hydrogens is 288 g/mol. The molecule has 1 heterocycles. The molecule has 0 spiro atoms. The topological polar surface area (TPSA) is 102 Å². The molecule has 2 aromatic rings. The molecule has 0 saturated heterocycles. The van der Waals surface area contributed by atoms with E-state index in [1.165, 1.54) is 6.07 Å². The molecule has 0 bridgehead atoms. The van der Waals surface area contributed by atoms with E-state index >= 15 is 0 Å². The molecule has 4 N–H and O–H groups in total. The van der Waals surface area contributed by atoms with Crippen LogP contribution in [0.15, 0.2) is 41.6 Å². The molecule has 21 heavy (non-hydrogen) atoms. The minimum Gasteiger partial charge on any atom is -0.399 e. The van der Waals surface area contributed by atoms with Crippen LogP contribution in [0, 0.1) is 6.92 Å². The van der Waals surface area contributed by atoms with E-state index < -0.39 is 10.0 Å². The maximum atomic E-state index is 11.6. The molecule has 0 aliphatic heterocycles. The van der Waals surface area contributed by atoms with Crippen molar-refractivity contribution in [2.24, 2.45) is 5.14 Å². The van der Waals surface area contributed by atoms with E-state index in [2.05, 4.69) is 4.98 Å². The van der Waals surface area contributed by atoms with Gasteiger partial charge in [0, 0.05) is 37.4 Å². The highest BCUT2D eigenvalue weighted by Crippen LogP contribution is 2.29. The molecule has 0 unspecified atom stereocenters. The number of pyridine rings is 1. The number of benzene rings is 1. The Morgan fingerprint density at radius 3 is 2.62 bits per heavy atom. The molecule has 0 amide bonds. The molecule has 0 atom stereocenters. The van der Waals surface area contributed by atoms with E-state index in [4.69, 9.17) is 10.9 Å². The first-order chi connectivity index (χ1) is 9.79. The van der Waals surface area contributed by atoms with Crippen molar-refractivity contribution in [2.45, 2.75) is 18.4 Å². The van der Waals surface area contributed by atoms with Gasteiger partial charge in [-0.2, -0.15) is 0 Å². The van der Waals surface area contributed by atoms with Gasteiger partial charge in [0.05, 0.1) is 4.90 Å². The molecule has 6 nitrogen and oxygen atoms in total. The highest BCUT2D eigenvalue weighted by atomic mass is 32.2. The van der Waals surface area contributed by atoms with Gasteiger partial charge < -0.3 is 10.6 Å². The van der Waals surface area contributed by atoms with E-state index in [9.17, 15) is 8.42 Å². The lowest BCUT2D eigenvalue weighted by Crippen LogP contribution is -2.20. The summed E-state index contributed by atoms with van der Waals surface area (Å²) in [5.41, 5.74) is 8.48. The van der Waals surface area contributed by atoms with Gasteiger partial charge in [0.1, 0.15) is 0 Å². The number of primary sulfonamides is 1. The van der Waals surface area contributed by atoms with Crippen LogP contribution in [0.2, 0.25) is 0 Å². The van der Waals surface area contributed by atoms with Gasteiger partial charge in [-0.25, -0.2) is 13.6 Å². The predicted molar refractivity (Wildman–Crippen MR) is 83.3 cm³/mol. The number of nitrogens with zero attached hydrogens (tertiary/aromatic N) is 2. The van der Waals surface area contributed by atoms with E-state index in [-0.39, 0.29) is 4.90 Å². The van der Waals surface area contributed by atoms with Crippen LogP contribution in [0.4, 0.5) is 11.4 Å². The maximum Gasteiger partial charge on any atom is 0.238 e. The van der Waals surface area contributed by atoms with Crippen molar-refractivity contribution in [3.8, 4) is 0 Å². The number of nitrogen functional groups attached to an aromatic ring is 1. The van der Waals surface area contributed by atoms with Crippen LogP contribution in [-0.2, 0) is 16.6 Å². The second-order valence-electron chi connectivity index (χ2n) is 4.93. The first-order valence-corrected chi connectivity index (χ1v) is 7.86. The third-order valence-corrected chi connectivity index (χ3v) is 4.25. The van der Waals surface area contributed by atoms with Gasteiger partial charge in [0.25, 0.3) is 0 Å². The lowest BCUT2D eigenvalue weighted by molar-refractivity contribution is 0.597. The summed E-state index contributed by atoms with van der Waals surface area (Å²) in [5, 5.41) is 5.24. The van der Waals surface area contributed by atoms with E-state index in [0.29, 0.717) is 17.8 Å². The lowest BCUT2D eigenvalue weighted by atomic mass is 10.1. The Balaban J connectivity index is 2.42. The number of sulfonamides is 1. The number of aromatic nitrogens is 1. The van der Waals surface area contributed by atoms with Crippen LogP contribution in [0.3, 0.4) is 0 Å². The fourth-order valence-electron chi connectivity index (χ4n) is 2.24. The van der Waals surface area contributed by atoms with Gasteiger partial charge >= 0.3 is 0 Å². The molecule has 1 aromatic heterocycles. The summed E-state index contributed by atoms with van der Waals surface area (Å²) in [7, 11) is -1.94. The monoisotopic (exact) mass is 306 g/mol. The van der Waals surface area contributed by atoms with Gasteiger partial charge in [-0.1, -0.05) is 6.07 Å². The summed E-state index contributed by atoms with van der Waals surface area (Å²) in [6.45, 7) is 2.30. The molecule has 1 aromatic carbocycles. The van der Waals surface area contributed by atoms with Crippen LogP contribution < -0.4 is 15.8 Å². The van der Waals surface area contributed by atoms with Crippen LogP contribution in [0.25, 0.3) is 0 Å². The largest absolute Gasteiger partial charge is 0.399 e. The molecule has 0 radical (unpaired) electrons. The average Bonchev–Trinajstić information content (AvgIpc) is 2.40. The van der Waals surface area contributed by atoms with Crippen LogP contribution in [0.1, 0.15) is 11.1 Å². The zero-order chi connectivity index (χ0) is 15.6. The second kappa shape index (κ2) is 5.71. The lowest BCUT2D eigenvalue weighted by Gasteiger charge is -2.23. The molecule has 0 fully saturated rings. The predicted octanol–water partition coefficient (Wildman–Crippen LogP) is 1.26. The molecular formula is C14H18N4O2S. The van der Waals surface area contributed by atoms with E-state index in [1.807, 2.05) is 24.1 Å². The quantitative estimate of drug-likeness (QED) is 0.828. The summed E-state index contributed by atoms with van der Waals surface area (Å²) in [6, 6.07) is 6.92. The third-order valence-electron chi connectivity index (χ3n) is 3.22. The Hall–Kier alpha value is -2.12. The van der Waals surface area contributed by atoms with Crippen molar-refractivity contribution in [1.82, 2.24) is 4.98 Å². The molecule has 0 aliphatic carbocycles. The van der Waals surface area contributed by atoms with Crippen molar-refractivity contribution >= 4 is 21.4 Å². The highest BCUT2D eigenvalue weighted by Gasteiger charge is 2.17. The first-order valence-electron chi connectivity index (χ1n) is 6.32. The SMILES string of the molecule is Cc1c(N(C)Cc2cccnc2)cc(N)cc1S(N)(=O)=O. The van der Waals surface area contributed by atoms with E-state index in [1.54, 1.807) is 25.4 Å². The molecule has 0 aliphatic rings.